The van der Waals surface area contributed by atoms with Gasteiger partial charge in [-0.05, 0) is 55.5 Å². The standard InChI is InChI=1S/C23H16FN3O2S/c24-17-7-3-1-5-15(17)18-10-9-14(29-18)11-13(12-25)21-26-22(28)20-16-6-2-4-8-19(16)30-23(20)27-21/h1,3,5,7,9-11H,2,4,6,8H2,(H,26,27,28)/b13-11+. The lowest BCUT2D eigenvalue weighted by Crippen LogP contribution is -2.12. The van der Waals surface area contributed by atoms with Crippen LogP contribution in [0.4, 0.5) is 4.39 Å². The first-order valence-corrected chi connectivity index (χ1v) is 10.5. The van der Waals surface area contributed by atoms with Gasteiger partial charge in [-0.3, -0.25) is 4.79 Å². The van der Waals surface area contributed by atoms with E-state index in [4.69, 9.17) is 4.42 Å². The molecule has 4 aromatic rings. The van der Waals surface area contributed by atoms with Crippen LogP contribution in [0.1, 0.15) is 34.9 Å². The van der Waals surface area contributed by atoms with E-state index in [0.29, 0.717) is 27.3 Å². The maximum Gasteiger partial charge on any atom is 0.260 e. The van der Waals surface area contributed by atoms with E-state index in [1.54, 1.807) is 30.3 Å². The number of nitriles is 1. The average molecular weight is 417 g/mol. The molecule has 1 aliphatic rings. The van der Waals surface area contributed by atoms with E-state index < -0.39 is 0 Å². The van der Waals surface area contributed by atoms with Crippen LogP contribution >= 0.6 is 11.3 Å². The molecule has 0 radical (unpaired) electrons. The van der Waals surface area contributed by atoms with E-state index in [0.717, 1.165) is 31.2 Å². The van der Waals surface area contributed by atoms with Crippen LogP contribution in [0.3, 0.4) is 0 Å². The molecule has 0 saturated heterocycles. The zero-order chi connectivity index (χ0) is 20.7. The third kappa shape index (κ3) is 3.15. The minimum Gasteiger partial charge on any atom is -0.457 e. The summed E-state index contributed by atoms with van der Waals surface area (Å²) in [7, 11) is 0. The number of benzene rings is 1. The number of aromatic nitrogens is 2. The molecule has 5 rings (SSSR count). The first-order chi connectivity index (χ1) is 14.6. The van der Waals surface area contributed by atoms with Gasteiger partial charge in [0.05, 0.1) is 16.5 Å². The molecule has 0 saturated carbocycles. The SMILES string of the molecule is N#C/C(=C\c1ccc(-c2ccccc2F)o1)c1nc2sc3c(c2c(=O)[nH]1)CCCC3. The largest absolute Gasteiger partial charge is 0.457 e. The molecule has 1 aromatic carbocycles. The van der Waals surface area contributed by atoms with E-state index in [1.165, 1.54) is 28.4 Å². The third-order valence-electron chi connectivity index (χ3n) is 5.25. The van der Waals surface area contributed by atoms with Crippen molar-refractivity contribution in [2.24, 2.45) is 0 Å². The Bertz CT molecular complexity index is 1400. The fourth-order valence-electron chi connectivity index (χ4n) is 3.82. The molecule has 5 nitrogen and oxygen atoms in total. The van der Waals surface area contributed by atoms with Crippen molar-refractivity contribution >= 4 is 33.2 Å². The summed E-state index contributed by atoms with van der Waals surface area (Å²) in [5.74, 6) is 0.552. The summed E-state index contributed by atoms with van der Waals surface area (Å²) in [4.78, 5) is 21.9. The number of nitrogens with zero attached hydrogens (tertiary/aromatic N) is 2. The van der Waals surface area contributed by atoms with Crippen molar-refractivity contribution in [2.45, 2.75) is 25.7 Å². The molecule has 30 heavy (non-hydrogen) atoms. The maximum atomic E-state index is 14.0. The van der Waals surface area contributed by atoms with Crippen LogP contribution in [0.25, 0.3) is 33.2 Å². The highest BCUT2D eigenvalue weighted by atomic mass is 32.1. The number of furan rings is 1. The molecule has 0 fully saturated rings. The Morgan fingerprint density at radius 3 is 2.90 bits per heavy atom. The number of aryl methyl sites for hydroxylation is 2. The van der Waals surface area contributed by atoms with E-state index in [1.807, 2.05) is 0 Å². The van der Waals surface area contributed by atoms with E-state index >= 15 is 0 Å². The second-order valence-corrected chi connectivity index (χ2v) is 8.24. The van der Waals surface area contributed by atoms with Gasteiger partial charge >= 0.3 is 0 Å². The minimum absolute atomic E-state index is 0.176. The Balaban J connectivity index is 1.56. The van der Waals surface area contributed by atoms with Gasteiger partial charge in [-0.15, -0.1) is 11.3 Å². The summed E-state index contributed by atoms with van der Waals surface area (Å²) < 4.78 is 19.7. The lowest BCUT2D eigenvalue weighted by molar-refractivity contribution is 0.561. The first kappa shape index (κ1) is 18.5. The summed E-state index contributed by atoms with van der Waals surface area (Å²) in [5.41, 5.74) is 1.40. The van der Waals surface area contributed by atoms with Gasteiger partial charge in [-0.2, -0.15) is 5.26 Å². The molecule has 1 aliphatic carbocycles. The summed E-state index contributed by atoms with van der Waals surface area (Å²) in [6.45, 7) is 0. The predicted octanol–water partition coefficient (Wildman–Crippen LogP) is 5.33. The highest BCUT2D eigenvalue weighted by Crippen LogP contribution is 2.34. The van der Waals surface area contributed by atoms with Gasteiger partial charge in [0.15, 0.2) is 5.82 Å². The summed E-state index contributed by atoms with van der Waals surface area (Å²) in [6, 6.07) is 11.7. The molecule has 148 valence electrons. The number of fused-ring (bicyclic) bond motifs is 3. The Hall–Kier alpha value is -3.50. The first-order valence-electron chi connectivity index (χ1n) is 9.65. The zero-order valence-corrected chi connectivity index (χ0v) is 16.7. The van der Waals surface area contributed by atoms with Crippen LogP contribution in [-0.2, 0) is 12.8 Å². The number of halogens is 1. The van der Waals surface area contributed by atoms with Crippen molar-refractivity contribution in [1.29, 1.82) is 5.26 Å². The van der Waals surface area contributed by atoms with Crippen molar-refractivity contribution in [3.05, 3.63) is 74.6 Å². The van der Waals surface area contributed by atoms with Crippen molar-refractivity contribution in [2.75, 3.05) is 0 Å². The quantitative estimate of drug-likeness (QED) is 0.457. The van der Waals surface area contributed by atoms with Crippen LogP contribution in [0, 0.1) is 17.1 Å². The Morgan fingerprint density at radius 2 is 2.07 bits per heavy atom. The van der Waals surface area contributed by atoms with Gasteiger partial charge < -0.3 is 9.40 Å². The molecular weight excluding hydrogens is 401 g/mol. The Kier molecular flexibility index (Phi) is 4.57. The number of H-pyrrole nitrogens is 1. The molecule has 0 unspecified atom stereocenters. The molecule has 0 bridgehead atoms. The van der Waals surface area contributed by atoms with Gasteiger partial charge in [0.2, 0.25) is 0 Å². The monoisotopic (exact) mass is 417 g/mol. The summed E-state index contributed by atoms with van der Waals surface area (Å²) in [5, 5.41) is 10.3. The van der Waals surface area contributed by atoms with Crippen molar-refractivity contribution in [1.82, 2.24) is 9.97 Å². The molecule has 0 aliphatic heterocycles. The molecule has 7 heteroatoms. The van der Waals surface area contributed by atoms with Gasteiger partial charge in [0.1, 0.15) is 28.2 Å². The second kappa shape index (κ2) is 7.39. The fraction of sp³-hybridized carbons (Fsp3) is 0.174. The zero-order valence-electron chi connectivity index (χ0n) is 15.9. The summed E-state index contributed by atoms with van der Waals surface area (Å²) >= 11 is 1.53. The van der Waals surface area contributed by atoms with Crippen LogP contribution in [0.15, 0.2) is 45.6 Å². The van der Waals surface area contributed by atoms with Gasteiger partial charge in [0, 0.05) is 11.0 Å². The van der Waals surface area contributed by atoms with Gasteiger partial charge in [0.25, 0.3) is 5.56 Å². The Morgan fingerprint density at radius 1 is 1.23 bits per heavy atom. The third-order valence-corrected chi connectivity index (χ3v) is 6.44. The lowest BCUT2D eigenvalue weighted by atomic mass is 9.97. The normalized spacial score (nSPS) is 13.9. The highest BCUT2D eigenvalue weighted by Gasteiger charge is 2.20. The van der Waals surface area contributed by atoms with Crippen LogP contribution < -0.4 is 5.56 Å². The second-order valence-electron chi connectivity index (χ2n) is 7.16. The van der Waals surface area contributed by atoms with Crippen LogP contribution in [0.2, 0.25) is 0 Å². The smallest absolute Gasteiger partial charge is 0.260 e. The van der Waals surface area contributed by atoms with Crippen LogP contribution in [0.5, 0.6) is 0 Å². The number of aromatic amines is 1. The molecule has 0 spiro atoms. The average Bonchev–Trinajstić information content (AvgIpc) is 3.36. The summed E-state index contributed by atoms with van der Waals surface area (Å²) in [6.07, 6.45) is 5.56. The molecule has 0 amide bonds. The minimum atomic E-state index is -0.388. The molecule has 3 aromatic heterocycles. The molecular formula is C23H16FN3O2S. The van der Waals surface area contributed by atoms with Crippen molar-refractivity contribution in [3.63, 3.8) is 0 Å². The Labute approximate surface area is 175 Å². The van der Waals surface area contributed by atoms with Crippen molar-refractivity contribution in [3.8, 4) is 17.4 Å². The van der Waals surface area contributed by atoms with E-state index in [-0.39, 0.29) is 22.8 Å². The van der Waals surface area contributed by atoms with Gasteiger partial charge in [-0.1, -0.05) is 12.1 Å². The molecule has 1 N–H and O–H groups in total. The number of thiophene rings is 1. The molecule has 0 atom stereocenters. The fourth-order valence-corrected chi connectivity index (χ4v) is 5.09. The molecule has 3 heterocycles. The van der Waals surface area contributed by atoms with Crippen LogP contribution in [-0.4, -0.2) is 9.97 Å². The van der Waals surface area contributed by atoms with Gasteiger partial charge in [-0.25, -0.2) is 9.37 Å². The lowest BCUT2D eigenvalue weighted by Gasteiger charge is -2.09. The maximum absolute atomic E-state index is 14.0. The number of hydrogen-bond acceptors (Lipinski definition) is 5. The highest BCUT2D eigenvalue weighted by molar-refractivity contribution is 7.18. The predicted molar refractivity (Wildman–Crippen MR) is 114 cm³/mol. The number of allylic oxidation sites excluding steroid dienone is 1. The van der Waals surface area contributed by atoms with E-state index in [9.17, 15) is 14.4 Å². The number of rotatable bonds is 3. The van der Waals surface area contributed by atoms with Crippen molar-refractivity contribution < 1.29 is 8.81 Å². The number of hydrogen-bond donors (Lipinski definition) is 1. The topological polar surface area (TPSA) is 82.7 Å². The van der Waals surface area contributed by atoms with E-state index in [2.05, 4.69) is 16.0 Å². The number of nitrogens with one attached hydrogen (secondary N) is 1.